The molecule has 39 heavy (non-hydrogen) atoms. The summed E-state index contributed by atoms with van der Waals surface area (Å²) in [6.07, 6.45) is 1.72. The highest BCUT2D eigenvalue weighted by molar-refractivity contribution is 6.01. The minimum atomic E-state index is -0.884. The zero-order chi connectivity index (χ0) is 26.7. The molecule has 0 spiro atoms. The Labute approximate surface area is 225 Å². The number of fused-ring (bicyclic) bond motifs is 4. The number of anilines is 1. The first-order valence-electron chi connectivity index (χ1n) is 13.6. The van der Waals surface area contributed by atoms with E-state index in [9.17, 15) is 9.50 Å². The number of halogens is 2. The van der Waals surface area contributed by atoms with E-state index in [1.807, 2.05) is 42.3 Å². The summed E-state index contributed by atoms with van der Waals surface area (Å²) in [5.41, 5.74) is 1.12. The lowest BCUT2D eigenvalue weighted by Gasteiger charge is -2.34. The maximum atomic E-state index is 16.4. The van der Waals surface area contributed by atoms with Crippen molar-refractivity contribution in [2.45, 2.75) is 43.6 Å². The van der Waals surface area contributed by atoms with Crippen LogP contribution in [0.15, 0.2) is 48.5 Å². The molecule has 0 saturated carbocycles. The first-order valence-corrected chi connectivity index (χ1v) is 13.6. The minimum absolute atomic E-state index is 0.0683. The van der Waals surface area contributed by atoms with Gasteiger partial charge in [0.25, 0.3) is 0 Å². The van der Waals surface area contributed by atoms with Crippen LogP contribution < -0.4 is 15.0 Å². The van der Waals surface area contributed by atoms with E-state index in [-0.39, 0.29) is 29.9 Å². The number of nitrogens with one attached hydrogen (secondary N) is 1. The fourth-order valence-electron chi connectivity index (χ4n) is 6.50. The van der Waals surface area contributed by atoms with E-state index < -0.39 is 12.0 Å². The van der Waals surface area contributed by atoms with Crippen LogP contribution in [0.1, 0.15) is 19.3 Å². The van der Waals surface area contributed by atoms with Gasteiger partial charge in [0.15, 0.2) is 5.82 Å². The first kappa shape index (κ1) is 24.5. The Morgan fingerprint density at radius 2 is 1.79 bits per heavy atom. The van der Waals surface area contributed by atoms with Gasteiger partial charge < -0.3 is 20.1 Å². The van der Waals surface area contributed by atoms with Gasteiger partial charge in [-0.3, -0.25) is 4.90 Å². The van der Waals surface area contributed by atoms with E-state index in [1.54, 1.807) is 18.2 Å². The number of ether oxygens (including phenoxy) is 1. The second kappa shape index (κ2) is 9.57. The third-order valence-corrected chi connectivity index (χ3v) is 8.46. The molecule has 0 amide bonds. The van der Waals surface area contributed by atoms with Gasteiger partial charge in [-0.25, -0.2) is 8.78 Å². The number of benzene rings is 3. The van der Waals surface area contributed by atoms with Crippen molar-refractivity contribution >= 4 is 27.5 Å². The number of likely N-dealkylation sites (N-methyl/N-ethyl adjacent to an activating group) is 1. The van der Waals surface area contributed by atoms with Crippen LogP contribution in [0.2, 0.25) is 0 Å². The molecule has 2 bridgehead atoms. The van der Waals surface area contributed by atoms with Gasteiger partial charge in [0, 0.05) is 48.7 Å². The second-order valence-corrected chi connectivity index (χ2v) is 11.1. The number of rotatable bonds is 5. The molecule has 3 aliphatic heterocycles. The van der Waals surface area contributed by atoms with Crippen molar-refractivity contribution in [3.05, 3.63) is 54.3 Å². The number of hydrogen-bond donors (Lipinski definition) is 2. The first-order chi connectivity index (χ1) is 18.9. The highest BCUT2D eigenvalue weighted by atomic mass is 19.1. The third kappa shape index (κ3) is 4.43. The molecule has 2 N–H and O–H groups in total. The van der Waals surface area contributed by atoms with Crippen molar-refractivity contribution in [3.63, 3.8) is 0 Å². The van der Waals surface area contributed by atoms with Gasteiger partial charge in [-0.15, -0.1) is 0 Å². The largest absolute Gasteiger partial charge is 0.508 e. The Morgan fingerprint density at radius 1 is 1.00 bits per heavy atom. The van der Waals surface area contributed by atoms with Crippen LogP contribution in [-0.2, 0) is 0 Å². The number of alkyl halides is 1. The Bertz CT molecular complexity index is 1550. The number of likely N-dealkylation sites (tertiary alicyclic amines) is 1. The maximum Gasteiger partial charge on any atom is 0.319 e. The smallest absolute Gasteiger partial charge is 0.319 e. The summed E-state index contributed by atoms with van der Waals surface area (Å²) >= 11 is 0. The highest BCUT2D eigenvalue weighted by Crippen LogP contribution is 2.39. The Kier molecular flexibility index (Phi) is 6.01. The molecule has 3 aliphatic rings. The lowest BCUT2D eigenvalue weighted by molar-refractivity contribution is 0.188. The summed E-state index contributed by atoms with van der Waals surface area (Å²) in [4.78, 5) is 13.5. The molecule has 2 unspecified atom stereocenters. The van der Waals surface area contributed by atoms with Crippen LogP contribution >= 0.6 is 0 Å². The predicted octanol–water partition coefficient (Wildman–Crippen LogP) is 4.66. The summed E-state index contributed by atoms with van der Waals surface area (Å²) in [6.45, 7) is 2.15. The predicted molar refractivity (Wildman–Crippen MR) is 148 cm³/mol. The van der Waals surface area contributed by atoms with E-state index in [1.165, 1.54) is 0 Å². The molecule has 4 heterocycles. The van der Waals surface area contributed by atoms with Gasteiger partial charge in [0.1, 0.15) is 29.9 Å². The summed E-state index contributed by atoms with van der Waals surface area (Å²) in [6, 6.07) is 15.2. The molecule has 4 aromatic rings. The van der Waals surface area contributed by atoms with Gasteiger partial charge >= 0.3 is 6.01 Å². The standard InChI is InChI=1S/C30H31F2N5O2/c1-36-13-18(31)11-21(36)16-39-30-34-28-25(29(35-30)37-14-19-6-7-20(15-37)33-19)9-8-24(27(28)32)26-12-22(38)10-17-4-2-3-5-23(17)26/h2-5,8-10,12,18-21,33,38H,6-7,11,13-16H2,1H3/t18-,19?,20?,21-/m0/s1. The van der Waals surface area contributed by atoms with Gasteiger partial charge in [-0.05, 0) is 60.8 Å². The van der Waals surface area contributed by atoms with Crippen molar-refractivity contribution in [2.75, 3.05) is 38.2 Å². The molecule has 202 valence electrons. The molecule has 4 atom stereocenters. The maximum absolute atomic E-state index is 16.4. The lowest BCUT2D eigenvalue weighted by atomic mass is 9.96. The van der Waals surface area contributed by atoms with Crippen LogP contribution in [0.4, 0.5) is 14.6 Å². The average Bonchev–Trinajstić information content (AvgIpc) is 3.44. The molecular weight excluding hydrogens is 500 g/mol. The van der Waals surface area contributed by atoms with Crippen molar-refractivity contribution in [1.82, 2.24) is 20.2 Å². The lowest BCUT2D eigenvalue weighted by Crippen LogP contribution is -2.51. The summed E-state index contributed by atoms with van der Waals surface area (Å²) in [5, 5.41) is 16.3. The van der Waals surface area contributed by atoms with E-state index >= 15 is 4.39 Å². The monoisotopic (exact) mass is 531 g/mol. The fourth-order valence-corrected chi connectivity index (χ4v) is 6.50. The fraction of sp³-hybridized carbons (Fsp3) is 0.400. The topological polar surface area (TPSA) is 73.8 Å². The average molecular weight is 532 g/mol. The van der Waals surface area contributed by atoms with Gasteiger partial charge in [-0.2, -0.15) is 9.97 Å². The van der Waals surface area contributed by atoms with E-state index in [0.29, 0.717) is 47.4 Å². The molecule has 7 nitrogen and oxygen atoms in total. The van der Waals surface area contributed by atoms with Crippen molar-refractivity contribution < 1.29 is 18.6 Å². The van der Waals surface area contributed by atoms with Crippen LogP contribution in [0.25, 0.3) is 32.8 Å². The summed E-state index contributed by atoms with van der Waals surface area (Å²) < 4.78 is 36.4. The minimum Gasteiger partial charge on any atom is -0.508 e. The Balaban J connectivity index is 1.34. The quantitative estimate of drug-likeness (QED) is 0.388. The molecule has 7 rings (SSSR count). The summed E-state index contributed by atoms with van der Waals surface area (Å²) in [7, 11) is 1.88. The summed E-state index contributed by atoms with van der Waals surface area (Å²) in [5.74, 6) is 0.234. The zero-order valence-electron chi connectivity index (χ0n) is 21.8. The number of aromatic hydroxyl groups is 1. The molecule has 3 aromatic carbocycles. The molecule has 1 aromatic heterocycles. The van der Waals surface area contributed by atoms with Gasteiger partial charge in [-0.1, -0.05) is 30.3 Å². The third-order valence-electron chi connectivity index (χ3n) is 8.46. The van der Waals surface area contributed by atoms with E-state index in [4.69, 9.17) is 9.72 Å². The number of phenolic OH excluding ortho intramolecular Hbond substituents is 1. The Hall–Kier alpha value is -3.56. The van der Waals surface area contributed by atoms with Crippen LogP contribution in [-0.4, -0.2) is 77.6 Å². The van der Waals surface area contributed by atoms with E-state index in [0.717, 1.165) is 36.7 Å². The second-order valence-electron chi connectivity index (χ2n) is 11.1. The SMILES string of the molecule is CN1C[C@@H](F)C[C@H]1COc1nc(N2CC3CCC(C2)N3)c2ccc(-c3cc(O)cc4ccccc34)c(F)c2n1. The van der Waals surface area contributed by atoms with Crippen LogP contribution in [0.5, 0.6) is 11.8 Å². The van der Waals surface area contributed by atoms with Gasteiger partial charge in [0.2, 0.25) is 0 Å². The number of phenols is 1. The number of piperazine rings is 1. The highest BCUT2D eigenvalue weighted by Gasteiger charge is 2.34. The van der Waals surface area contributed by atoms with Crippen molar-refractivity contribution in [2.24, 2.45) is 0 Å². The van der Waals surface area contributed by atoms with Gasteiger partial charge in [0.05, 0.1) is 0 Å². The molecule has 0 radical (unpaired) electrons. The van der Waals surface area contributed by atoms with E-state index in [2.05, 4.69) is 15.2 Å². The molecule has 9 heteroatoms. The number of aromatic nitrogens is 2. The number of nitrogens with zero attached hydrogens (tertiary/aromatic N) is 4. The van der Waals surface area contributed by atoms with Crippen molar-refractivity contribution in [3.8, 4) is 22.9 Å². The zero-order valence-corrected chi connectivity index (χ0v) is 21.8. The molecule has 3 fully saturated rings. The number of hydrogen-bond acceptors (Lipinski definition) is 7. The van der Waals surface area contributed by atoms with Crippen LogP contribution in [0.3, 0.4) is 0 Å². The molecule has 3 saturated heterocycles. The van der Waals surface area contributed by atoms with Crippen LogP contribution in [0, 0.1) is 5.82 Å². The molecule has 0 aliphatic carbocycles. The molecular formula is C30H31F2N5O2. The van der Waals surface area contributed by atoms with Crippen molar-refractivity contribution in [1.29, 1.82) is 0 Å². The normalized spacial score (nSPS) is 25.2. The Morgan fingerprint density at radius 3 is 2.56 bits per heavy atom.